The van der Waals surface area contributed by atoms with Crippen LogP contribution in [0.15, 0.2) is 24.3 Å². The second-order valence-electron chi connectivity index (χ2n) is 6.46. The van der Waals surface area contributed by atoms with Crippen LogP contribution in [0.4, 0.5) is 0 Å². The van der Waals surface area contributed by atoms with Crippen molar-refractivity contribution in [3.63, 3.8) is 0 Å². The van der Waals surface area contributed by atoms with E-state index in [0.29, 0.717) is 5.92 Å². The van der Waals surface area contributed by atoms with Gasteiger partial charge in [0.05, 0.1) is 6.61 Å². The molecule has 1 N–H and O–H groups in total. The van der Waals surface area contributed by atoms with Gasteiger partial charge in [0, 0.05) is 13.2 Å². The van der Waals surface area contributed by atoms with Crippen LogP contribution in [0.3, 0.4) is 0 Å². The summed E-state index contributed by atoms with van der Waals surface area (Å²) in [4.78, 5) is 0. The van der Waals surface area contributed by atoms with Crippen LogP contribution < -0.4 is 5.32 Å². The summed E-state index contributed by atoms with van der Waals surface area (Å²) >= 11 is 0. The van der Waals surface area contributed by atoms with Crippen LogP contribution in [0.5, 0.6) is 0 Å². The van der Waals surface area contributed by atoms with E-state index in [-0.39, 0.29) is 0 Å². The number of ether oxygens (including phenoxy) is 1. The summed E-state index contributed by atoms with van der Waals surface area (Å²) in [6.45, 7) is 8.19. The van der Waals surface area contributed by atoms with Gasteiger partial charge in [0.25, 0.3) is 0 Å². The highest BCUT2D eigenvalue weighted by atomic mass is 16.5. The van der Waals surface area contributed by atoms with Crippen LogP contribution in [0.25, 0.3) is 0 Å². The van der Waals surface area contributed by atoms with Crippen LogP contribution in [0, 0.1) is 11.8 Å². The summed E-state index contributed by atoms with van der Waals surface area (Å²) in [5.74, 6) is 1.50. The lowest BCUT2D eigenvalue weighted by Gasteiger charge is -2.14. The average Bonchev–Trinajstić information content (AvgIpc) is 2.93. The second-order valence-corrected chi connectivity index (χ2v) is 6.46. The Hall–Kier alpha value is -0.860. The number of benzene rings is 1. The first-order valence-electron chi connectivity index (χ1n) is 8.11. The van der Waals surface area contributed by atoms with E-state index in [2.05, 4.69) is 43.4 Å². The molecule has 0 unspecified atom stereocenters. The minimum atomic E-state index is 0.695. The van der Waals surface area contributed by atoms with Crippen molar-refractivity contribution >= 4 is 0 Å². The maximum Gasteiger partial charge on any atom is 0.0720 e. The van der Waals surface area contributed by atoms with Crippen LogP contribution in [-0.4, -0.2) is 13.2 Å². The molecule has 0 saturated heterocycles. The van der Waals surface area contributed by atoms with Crippen molar-refractivity contribution in [1.29, 1.82) is 0 Å². The highest BCUT2D eigenvalue weighted by Gasteiger charge is 2.15. The van der Waals surface area contributed by atoms with Gasteiger partial charge in [-0.2, -0.15) is 0 Å². The third-order valence-corrected chi connectivity index (χ3v) is 4.07. The maximum absolute atomic E-state index is 5.94. The molecule has 2 rings (SSSR count). The Morgan fingerprint density at radius 3 is 2.55 bits per heavy atom. The molecule has 20 heavy (non-hydrogen) atoms. The fourth-order valence-corrected chi connectivity index (χ4v) is 2.88. The molecule has 1 aromatic carbocycles. The summed E-state index contributed by atoms with van der Waals surface area (Å²) in [5, 5.41) is 3.52. The summed E-state index contributed by atoms with van der Waals surface area (Å²) < 4.78 is 5.94. The molecule has 0 spiro atoms. The second kappa shape index (κ2) is 8.43. The van der Waals surface area contributed by atoms with Gasteiger partial charge in [0.1, 0.15) is 0 Å². The average molecular weight is 275 g/mol. The molecular formula is C18H29NO. The van der Waals surface area contributed by atoms with E-state index in [1.165, 1.54) is 36.8 Å². The normalized spacial score (nSPS) is 16.1. The molecule has 112 valence electrons. The monoisotopic (exact) mass is 275 g/mol. The molecule has 0 aromatic heterocycles. The summed E-state index contributed by atoms with van der Waals surface area (Å²) in [5.41, 5.74) is 2.71. The fourth-order valence-electron chi connectivity index (χ4n) is 2.88. The lowest BCUT2D eigenvalue weighted by atomic mass is 10.1. The van der Waals surface area contributed by atoms with Crippen LogP contribution >= 0.6 is 0 Å². The third kappa shape index (κ3) is 5.26. The zero-order valence-corrected chi connectivity index (χ0v) is 13.0. The Morgan fingerprint density at radius 1 is 1.15 bits per heavy atom. The zero-order valence-electron chi connectivity index (χ0n) is 13.0. The first-order valence-corrected chi connectivity index (χ1v) is 8.11. The van der Waals surface area contributed by atoms with Gasteiger partial charge in [-0.05, 0) is 42.3 Å². The van der Waals surface area contributed by atoms with Gasteiger partial charge in [-0.25, -0.2) is 0 Å². The van der Waals surface area contributed by atoms with Crippen molar-refractivity contribution in [3.05, 3.63) is 35.4 Å². The van der Waals surface area contributed by atoms with Crippen LogP contribution in [0.2, 0.25) is 0 Å². The molecule has 0 radical (unpaired) electrons. The van der Waals surface area contributed by atoms with Crippen LogP contribution in [-0.2, 0) is 17.9 Å². The van der Waals surface area contributed by atoms with Gasteiger partial charge in [-0.15, -0.1) is 0 Å². The van der Waals surface area contributed by atoms with E-state index in [1.54, 1.807) is 0 Å². The molecule has 0 atom stereocenters. The fraction of sp³-hybridized carbons (Fsp3) is 0.667. The maximum atomic E-state index is 5.94. The molecule has 2 heteroatoms. The van der Waals surface area contributed by atoms with Gasteiger partial charge in [0.2, 0.25) is 0 Å². The minimum absolute atomic E-state index is 0.695. The summed E-state index contributed by atoms with van der Waals surface area (Å²) in [6, 6.07) is 8.63. The molecule has 1 aliphatic carbocycles. The molecule has 1 aromatic rings. The van der Waals surface area contributed by atoms with E-state index in [0.717, 1.165) is 32.2 Å². The number of rotatable bonds is 8. The number of nitrogens with one attached hydrogen (secondary N) is 1. The molecule has 0 aliphatic heterocycles. The smallest absolute Gasteiger partial charge is 0.0720 e. The molecule has 1 aliphatic rings. The molecule has 2 nitrogen and oxygen atoms in total. The topological polar surface area (TPSA) is 21.3 Å². The van der Waals surface area contributed by atoms with Crippen LogP contribution in [0.1, 0.15) is 50.7 Å². The first kappa shape index (κ1) is 15.5. The molecule has 0 bridgehead atoms. The quantitative estimate of drug-likeness (QED) is 0.770. The molecule has 1 fully saturated rings. The Balaban J connectivity index is 1.77. The predicted octanol–water partition coefficient (Wildman–Crippen LogP) is 4.14. The third-order valence-electron chi connectivity index (χ3n) is 4.07. The first-order chi connectivity index (χ1) is 9.75. The van der Waals surface area contributed by atoms with Crippen molar-refractivity contribution in [2.75, 3.05) is 13.2 Å². The summed E-state index contributed by atoms with van der Waals surface area (Å²) in [6.07, 6.45) is 5.50. The van der Waals surface area contributed by atoms with Gasteiger partial charge in [-0.1, -0.05) is 51.0 Å². The zero-order chi connectivity index (χ0) is 14.2. The van der Waals surface area contributed by atoms with Crippen molar-refractivity contribution in [2.45, 2.75) is 52.7 Å². The highest BCUT2D eigenvalue weighted by Crippen LogP contribution is 2.25. The van der Waals surface area contributed by atoms with E-state index in [9.17, 15) is 0 Å². The van der Waals surface area contributed by atoms with E-state index < -0.39 is 0 Å². The highest BCUT2D eigenvalue weighted by molar-refractivity contribution is 5.26. The Labute approximate surface area is 123 Å². The predicted molar refractivity (Wildman–Crippen MR) is 84.6 cm³/mol. The number of hydrogen-bond donors (Lipinski definition) is 1. The van der Waals surface area contributed by atoms with E-state index in [4.69, 9.17) is 4.74 Å². The van der Waals surface area contributed by atoms with Gasteiger partial charge in [0.15, 0.2) is 0 Å². The van der Waals surface area contributed by atoms with Crippen molar-refractivity contribution in [3.8, 4) is 0 Å². The molecule has 0 heterocycles. The minimum Gasteiger partial charge on any atom is -0.376 e. The SMILES string of the molecule is CC(C)CNCc1ccccc1COCC1CCCC1. The lowest BCUT2D eigenvalue weighted by Crippen LogP contribution is -2.20. The van der Waals surface area contributed by atoms with Crippen molar-refractivity contribution in [2.24, 2.45) is 11.8 Å². The molecule has 0 amide bonds. The molecular weight excluding hydrogens is 246 g/mol. The Bertz CT molecular complexity index is 383. The summed E-state index contributed by atoms with van der Waals surface area (Å²) in [7, 11) is 0. The van der Waals surface area contributed by atoms with E-state index >= 15 is 0 Å². The lowest BCUT2D eigenvalue weighted by molar-refractivity contribution is 0.0883. The standard InChI is InChI=1S/C18H29NO/c1-15(2)11-19-12-17-9-5-6-10-18(17)14-20-13-16-7-3-4-8-16/h5-6,9-10,15-16,19H,3-4,7-8,11-14H2,1-2H3. The van der Waals surface area contributed by atoms with E-state index in [1.807, 2.05) is 0 Å². The largest absolute Gasteiger partial charge is 0.376 e. The van der Waals surface area contributed by atoms with Gasteiger partial charge in [-0.3, -0.25) is 0 Å². The number of hydrogen-bond acceptors (Lipinski definition) is 2. The Morgan fingerprint density at radius 2 is 1.85 bits per heavy atom. The van der Waals surface area contributed by atoms with Gasteiger partial charge >= 0.3 is 0 Å². The molecule has 1 saturated carbocycles. The van der Waals surface area contributed by atoms with Crippen molar-refractivity contribution < 1.29 is 4.74 Å². The van der Waals surface area contributed by atoms with Gasteiger partial charge < -0.3 is 10.1 Å². The Kier molecular flexibility index (Phi) is 6.55. The van der Waals surface area contributed by atoms with Crippen molar-refractivity contribution in [1.82, 2.24) is 5.32 Å².